The Morgan fingerprint density at radius 1 is 1.00 bits per heavy atom. The lowest BCUT2D eigenvalue weighted by Crippen LogP contribution is -2.37. The average molecular weight is 455 g/mol. The fourth-order valence-corrected chi connectivity index (χ4v) is 4.05. The van der Waals surface area contributed by atoms with Crippen LogP contribution >= 0.6 is 0 Å². The van der Waals surface area contributed by atoms with Gasteiger partial charge in [-0.1, -0.05) is 55.5 Å². The van der Waals surface area contributed by atoms with Gasteiger partial charge in [0.2, 0.25) is 5.91 Å². The van der Waals surface area contributed by atoms with Gasteiger partial charge in [-0.25, -0.2) is 9.59 Å². The molecule has 33 heavy (non-hydrogen) atoms. The van der Waals surface area contributed by atoms with Crippen molar-refractivity contribution in [2.45, 2.75) is 50.7 Å². The molecular formula is C25H30N2O6. The molecule has 0 radical (unpaired) electrons. The highest BCUT2D eigenvalue weighted by atomic mass is 16.5. The lowest BCUT2D eigenvalue weighted by molar-refractivity contribution is -0.147. The van der Waals surface area contributed by atoms with Gasteiger partial charge in [-0.3, -0.25) is 4.79 Å². The normalized spacial score (nSPS) is 14.0. The molecule has 0 aromatic heterocycles. The summed E-state index contributed by atoms with van der Waals surface area (Å²) in [4.78, 5) is 35.0. The highest BCUT2D eigenvalue weighted by molar-refractivity contribution is 5.79. The highest BCUT2D eigenvalue weighted by Crippen LogP contribution is 2.44. The number of nitrogens with one attached hydrogen (secondary N) is 2. The van der Waals surface area contributed by atoms with Crippen LogP contribution in [0.4, 0.5) is 4.79 Å². The minimum Gasteiger partial charge on any atom is -0.479 e. The summed E-state index contributed by atoms with van der Waals surface area (Å²) in [6, 6.07) is 16.0. The molecule has 1 aliphatic rings. The molecule has 176 valence electrons. The number of hydrogen-bond acceptors (Lipinski definition) is 5. The van der Waals surface area contributed by atoms with Crippen LogP contribution in [0.5, 0.6) is 0 Å². The molecule has 0 saturated heterocycles. The molecule has 0 aliphatic heterocycles. The molecule has 2 amide bonds. The number of aliphatic hydroxyl groups is 1. The van der Waals surface area contributed by atoms with Crippen LogP contribution in [0.3, 0.4) is 0 Å². The third-order valence-corrected chi connectivity index (χ3v) is 5.90. The Bertz CT molecular complexity index is 947. The van der Waals surface area contributed by atoms with E-state index in [1.807, 2.05) is 31.2 Å². The second-order valence-corrected chi connectivity index (χ2v) is 8.11. The molecule has 0 heterocycles. The second kappa shape index (κ2) is 11.5. The SMILES string of the molecule is CCC(CCC(=O)NCC[C@H](O)C(=O)O)NC(=O)OCC1c2ccccc2-c2ccccc21. The number of carbonyl (C=O) groups excluding carboxylic acids is 2. The van der Waals surface area contributed by atoms with Gasteiger partial charge in [0.1, 0.15) is 6.61 Å². The van der Waals surface area contributed by atoms with Crippen LogP contribution in [-0.2, 0) is 14.3 Å². The van der Waals surface area contributed by atoms with E-state index in [9.17, 15) is 19.5 Å². The Kier molecular flexibility index (Phi) is 8.43. The molecule has 4 N–H and O–H groups in total. The summed E-state index contributed by atoms with van der Waals surface area (Å²) < 4.78 is 5.56. The molecule has 8 nitrogen and oxygen atoms in total. The molecule has 0 bridgehead atoms. The first kappa shape index (κ1) is 24.3. The van der Waals surface area contributed by atoms with E-state index in [2.05, 4.69) is 34.9 Å². The van der Waals surface area contributed by atoms with Crippen molar-refractivity contribution < 1.29 is 29.3 Å². The summed E-state index contributed by atoms with van der Waals surface area (Å²) in [6.07, 6.45) is -0.845. The fourth-order valence-electron chi connectivity index (χ4n) is 4.05. The monoisotopic (exact) mass is 454 g/mol. The Morgan fingerprint density at radius 2 is 1.61 bits per heavy atom. The predicted octanol–water partition coefficient (Wildman–Crippen LogP) is 3.04. The fraction of sp³-hybridized carbons (Fsp3) is 0.400. The molecule has 2 aromatic carbocycles. The zero-order valence-corrected chi connectivity index (χ0v) is 18.6. The van der Waals surface area contributed by atoms with E-state index in [1.165, 1.54) is 0 Å². The van der Waals surface area contributed by atoms with Gasteiger partial charge >= 0.3 is 12.1 Å². The third-order valence-electron chi connectivity index (χ3n) is 5.90. The molecule has 2 aromatic rings. The van der Waals surface area contributed by atoms with Crippen LogP contribution in [0.1, 0.15) is 49.7 Å². The van der Waals surface area contributed by atoms with E-state index < -0.39 is 18.2 Å². The zero-order chi connectivity index (χ0) is 23.8. The Morgan fingerprint density at radius 3 is 2.18 bits per heavy atom. The number of aliphatic hydroxyl groups excluding tert-OH is 1. The molecule has 1 aliphatic carbocycles. The molecule has 3 rings (SSSR count). The quantitative estimate of drug-likeness (QED) is 0.414. The van der Waals surface area contributed by atoms with Gasteiger partial charge in [0, 0.05) is 31.3 Å². The summed E-state index contributed by atoms with van der Waals surface area (Å²) in [7, 11) is 0. The van der Waals surface area contributed by atoms with Gasteiger partial charge in [-0.2, -0.15) is 0 Å². The molecular weight excluding hydrogens is 424 g/mol. The number of carboxylic acid groups (broad SMARTS) is 1. The van der Waals surface area contributed by atoms with E-state index in [0.29, 0.717) is 12.8 Å². The third kappa shape index (κ3) is 6.32. The Labute approximate surface area is 193 Å². The van der Waals surface area contributed by atoms with Crippen molar-refractivity contribution in [1.82, 2.24) is 10.6 Å². The number of carbonyl (C=O) groups is 3. The molecule has 0 spiro atoms. The van der Waals surface area contributed by atoms with Crippen molar-refractivity contribution in [2.24, 2.45) is 0 Å². The van der Waals surface area contributed by atoms with Crippen LogP contribution in [0.2, 0.25) is 0 Å². The van der Waals surface area contributed by atoms with Gasteiger partial charge in [-0.05, 0) is 35.1 Å². The first-order valence-electron chi connectivity index (χ1n) is 11.2. The second-order valence-electron chi connectivity index (χ2n) is 8.11. The number of rotatable bonds is 11. The minimum atomic E-state index is -1.50. The van der Waals surface area contributed by atoms with Gasteiger partial charge in [0.05, 0.1) is 0 Å². The van der Waals surface area contributed by atoms with E-state index in [1.54, 1.807) is 0 Å². The number of aliphatic carboxylic acids is 1. The van der Waals surface area contributed by atoms with Gasteiger partial charge in [-0.15, -0.1) is 0 Å². The maximum Gasteiger partial charge on any atom is 0.407 e. The van der Waals surface area contributed by atoms with Crippen molar-refractivity contribution in [1.29, 1.82) is 0 Å². The summed E-state index contributed by atoms with van der Waals surface area (Å²) in [5, 5.41) is 23.3. The molecule has 0 saturated carbocycles. The number of benzene rings is 2. The van der Waals surface area contributed by atoms with E-state index in [4.69, 9.17) is 9.84 Å². The summed E-state index contributed by atoms with van der Waals surface area (Å²) in [5.74, 6) is -1.60. The number of carboxylic acids is 1. The predicted molar refractivity (Wildman–Crippen MR) is 123 cm³/mol. The lowest BCUT2D eigenvalue weighted by Gasteiger charge is -2.19. The van der Waals surface area contributed by atoms with E-state index >= 15 is 0 Å². The topological polar surface area (TPSA) is 125 Å². The summed E-state index contributed by atoms with van der Waals surface area (Å²) in [6.45, 7) is 2.21. The van der Waals surface area contributed by atoms with Gasteiger partial charge in [0.25, 0.3) is 0 Å². The first-order chi connectivity index (χ1) is 15.9. The van der Waals surface area contributed by atoms with Gasteiger partial charge in [0.15, 0.2) is 6.10 Å². The van der Waals surface area contributed by atoms with Crippen molar-refractivity contribution in [3.63, 3.8) is 0 Å². The summed E-state index contributed by atoms with van der Waals surface area (Å²) >= 11 is 0. The maximum atomic E-state index is 12.4. The standard InChI is InChI=1S/C25H30N2O6/c1-2-16(11-12-23(29)26-14-13-22(28)24(30)31)27-25(32)33-15-21-19-9-5-3-7-17(19)18-8-4-6-10-20(18)21/h3-10,16,21-22,28H,2,11-15H2,1H3,(H,26,29)(H,27,32)(H,30,31)/t16?,22-/m0/s1. The van der Waals surface area contributed by atoms with E-state index in [-0.39, 0.29) is 43.9 Å². The van der Waals surface area contributed by atoms with Crippen molar-refractivity contribution >= 4 is 18.0 Å². The van der Waals surface area contributed by atoms with Crippen LogP contribution in [0.15, 0.2) is 48.5 Å². The molecule has 1 unspecified atom stereocenters. The number of ether oxygens (including phenoxy) is 1. The number of hydrogen-bond donors (Lipinski definition) is 4. The van der Waals surface area contributed by atoms with Gasteiger partial charge < -0.3 is 25.6 Å². The zero-order valence-electron chi connectivity index (χ0n) is 18.6. The van der Waals surface area contributed by atoms with E-state index in [0.717, 1.165) is 22.3 Å². The van der Waals surface area contributed by atoms with Crippen molar-refractivity contribution in [3.05, 3.63) is 59.7 Å². The largest absolute Gasteiger partial charge is 0.479 e. The van der Waals surface area contributed by atoms with Crippen LogP contribution in [0.25, 0.3) is 11.1 Å². The number of alkyl carbamates (subject to hydrolysis) is 1. The average Bonchev–Trinajstić information content (AvgIpc) is 3.14. The van der Waals surface area contributed by atoms with Crippen LogP contribution in [0, 0.1) is 0 Å². The Balaban J connectivity index is 1.45. The Hall–Kier alpha value is -3.39. The van der Waals surface area contributed by atoms with Crippen molar-refractivity contribution in [2.75, 3.05) is 13.2 Å². The van der Waals surface area contributed by atoms with Crippen LogP contribution < -0.4 is 10.6 Å². The molecule has 8 heteroatoms. The number of fused-ring (bicyclic) bond motifs is 3. The number of amides is 2. The lowest BCUT2D eigenvalue weighted by atomic mass is 9.98. The first-order valence-corrected chi connectivity index (χ1v) is 11.2. The highest BCUT2D eigenvalue weighted by Gasteiger charge is 2.29. The smallest absolute Gasteiger partial charge is 0.407 e. The maximum absolute atomic E-state index is 12.4. The van der Waals surface area contributed by atoms with Crippen molar-refractivity contribution in [3.8, 4) is 11.1 Å². The molecule has 2 atom stereocenters. The van der Waals surface area contributed by atoms with Crippen LogP contribution in [-0.4, -0.2) is 53.5 Å². The summed E-state index contributed by atoms with van der Waals surface area (Å²) in [5.41, 5.74) is 4.61. The molecule has 0 fully saturated rings. The minimum absolute atomic E-state index is 0.0184.